The third-order valence-corrected chi connectivity index (χ3v) is 4.91. The Morgan fingerprint density at radius 2 is 1.72 bits per heavy atom. The molecule has 1 atom stereocenters. The average molecular weight is 358 g/mol. The zero-order valence-electron chi connectivity index (χ0n) is 14.4. The second-order valence-electron chi connectivity index (χ2n) is 5.37. The molecule has 0 heterocycles. The molecule has 132 valence electrons. The van der Waals surface area contributed by atoms with E-state index in [1.54, 1.807) is 14.0 Å². The molecule has 0 spiro atoms. The third kappa shape index (κ3) is 5.94. The van der Waals surface area contributed by atoms with Crippen LogP contribution in [0.5, 0.6) is 5.75 Å². The lowest BCUT2D eigenvalue weighted by Gasteiger charge is -2.16. The summed E-state index contributed by atoms with van der Waals surface area (Å²) in [6.07, 6.45) is 0.320. The van der Waals surface area contributed by atoms with E-state index in [4.69, 9.17) is 9.47 Å². The minimum absolute atomic E-state index is 0.0535. The molecular formula is C20H22O4S. The maximum Gasteiger partial charge on any atom is 0.315 e. The Hall–Kier alpha value is -2.27. The molecule has 1 unspecified atom stereocenters. The molecule has 2 aromatic carbocycles. The van der Waals surface area contributed by atoms with Gasteiger partial charge in [-0.2, -0.15) is 0 Å². The summed E-state index contributed by atoms with van der Waals surface area (Å²) in [5, 5.41) is -0.122. The molecule has 0 aliphatic carbocycles. The third-order valence-electron chi connectivity index (χ3n) is 3.66. The summed E-state index contributed by atoms with van der Waals surface area (Å²) in [4.78, 5) is 24.3. The van der Waals surface area contributed by atoms with Crippen molar-refractivity contribution in [3.63, 3.8) is 0 Å². The van der Waals surface area contributed by atoms with E-state index in [0.29, 0.717) is 18.6 Å². The maximum absolute atomic E-state index is 12.6. The minimum atomic E-state index is -0.266. The summed E-state index contributed by atoms with van der Waals surface area (Å²) in [6, 6.07) is 16.8. The second kappa shape index (κ2) is 9.89. The van der Waals surface area contributed by atoms with Crippen LogP contribution in [-0.2, 0) is 9.53 Å². The monoisotopic (exact) mass is 358 g/mol. The number of Topliss-reactive ketones (excluding diaryl/α,β-unsaturated/α-hetero) is 1. The maximum atomic E-state index is 12.6. The fourth-order valence-electron chi connectivity index (χ4n) is 2.37. The summed E-state index contributed by atoms with van der Waals surface area (Å²) in [5.74, 6) is 0.760. The lowest BCUT2D eigenvalue weighted by Crippen LogP contribution is -2.11. The SMILES string of the molecule is CCOC(=O)CSC(CC(=O)c1ccccc1)c1ccc(OC)cc1. The van der Waals surface area contributed by atoms with Crippen LogP contribution in [0.4, 0.5) is 0 Å². The molecule has 0 amide bonds. The van der Waals surface area contributed by atoms with Crippen LogP contribution in [0.2, 0.25) is 0 Å². The van der Waals surface area contributed by atoms with Crippen molar-refractivity contribution in [1.29, 1.82) is 0 Å². The molecule has 4 nitrogen and oxygen atoms in total. The van der Waals surface area contributed by atoms with Crippen molar-refractivity contribution < 1.29 is 19.1 Å². The van der Waals surface area contributed by atoms with Crippen molar-refractivity contribution >= 4 is 23.5 Å². The Balaban J connectivity index is 2.12. The van der Waals surface area contributed by atoms with Gasteiger partial charge in [0.05, 0.1) is 19.5 Å². The van der Waals surface area contributed by atoms with Gasteiger partial charge in [-0.05, 0) is 24.6 Å². The molecule has 0 aliphatic heterocycles. The number of hydrogen-bond donors (Lipinski definition) is 0. The highest BCUT2D eigenvalue weighted by Gasteiger charge is 2.19. The summed E-state index contributed by atoms with van der Waals surface area (Å²) in [6.45, 7) is 2.14. The Morgan fingerprint density at radius 1 is 1.04 bits per heavy atom. The Kier molecular flexibility index (Phi) is 7.54. The van der Waals surface area contributed by atoms with Gasteiger partial charge in [0.1, 0.15) is 5.75 Å². The number of benzene rings is 2. The largest absolute Gasteiger partial charge is 0.497 e. The number of esters is 1. The van der Waals surface area contributed by atoms with Crippen molar-refractivity contribution in [2.24, 2.45) is 0 Å². The van der Waals surface area contributed by atoms with Gasteiger partial charge in [0.2, 0.25) is 0 Å². The molecule has 0 N–H and O–H groups in total. The molecule has 0 aliphatic rings. The van der Waals surface area contributed by atoms with E-state index in [1.165, 1.54) is 11.8 Å². The predicted molar refractivity (Wildman–Crippen MR) is 100 cm³/mol. The van der Waals surface area contributed by atoms with Crippen LogP contribution < -0.4 is 4.74 Å². The molecule has 2 aromatic rings. The van der Waals surface area contributed by atoms with Crippen LogP contribution in [0.25, 0.3) is 0 Å². The number of methoxy groups -OCH3 is 1. The van der Waals surface area contributed by atoms with Gasteiger partial charge in [0.25, 0.3) is 0 Å². The van der Waals surface area contributed by atoms with E-state index in [2.05, 4.69) is 0 Å². The summed E-state index contributed by atoms with van der Waals surface area (Å²) < 4.78 is 10.2. The van der Waals surface area contributed by atoms with E-state index < -0.39 is 0 Å². The normalized spacial score (nSPS) is 11.6. The van der Waals surface area contributed by atoms with Gasteiger partial charge in [-0.1, -0.05) is 42.5 Å². The van der Waals surface area contributed by atoms with Gasteiger partial charge in [-0.25, -0.2) is 0 Å². The number of ether oxygens (including phenoxy) is 2. The summed E-state index contributed by atoms with van der Waals surface area (Å²) >= 11 is 1.42. The highest BCUT2D eigenvalue weighted by atomic mass is 32.2. The molecular weight excluding hydrogens is 336 g/mol. The lowest BCUT2D eigenvalue weighted by molar-refractivity contribution is -0.139. The van der Waals surface area contributed by atoms with Crippen LogP contribution in [0, 0.1) is 0 Å². The zero-order valence-corrected chi connectivity index (χ0v) is 15.3. The first-order valence-corrected chi connectivity index (χ1v) is 9.18. The van der Waals surface area contributed by atoms with Crippen LogP contribution in [0.15, 0.2) is 54.6 Å². The number of ketones is 1. The summed E-state index contributed by atoms with van der Waals surface area (Å²) in [7, 11) is 1.61. The standard InChI is InChI=1S/C20H22O4S/c1-3-24-20(22)14-25-19(16-9-11-17(23-2)12-10-16)13-18(21)15-7-5-4-6-8-15/h4-12,19H,3,13-14H2,1-2H3. The van der Waals surface area contributed by atoms with Gasteiger partial charge in [0.15, 0.2) is 5.78 Å². The van der Waals surface area contributed by atoms with Gasteiger partial charge < -0.3 is 9.47 Å². The van der Waals surface area contributed by atoms with Crippen LogP contribution in [-0.4, -0.2) is 31.2 Å². The van der Waals surface area contributed by atoms with E-state index >= 15 is 0 Å². The lowest BCUT2D eigenvalue weighted by atomic mass is 10.0. The second-order valence-corrected chi connectivity index (χ2v) is 6.56. The van der Waals surface area contributed by atoms with Crippen molar-refractivity contribution in [3.8, 4) is 5.75 Å². The van der Waals surface area contributed by atoms with Crippen molar-refractivity contribution in [1.82, 2.24) is 0 Å². The molecule has 0 radical (unpaired) electrons. The molecule has 2 rings (SSSR count). The van der Waals surface area contributed by atoms with Gasteiger partial charge in [0, 0.05) is 17.2 Å². The number of carbonyl (C=O) groups excluding carboxylic acids is 2. The molecule has 0 bridgehead atoms. The molecule has 0 saturated carbocycles. The highest BCUT2D eigenvalue weighted by Crippen LogP contribution is 2.34. The van der Waals surface area contributed by atoms with Crippen molar-refractivity contribution in [3.05, 3.63) is 65.7 Å². The highest BCUT2D eigenvalue weighted by molar-refractivity contribution is 8.00. The molecule has 0 saturated heterocycles. The van der Waals surface area contributed by atoms with E-state index in [1.807, 2.05) is 54.6 Å². The average Bonchev–Trinajstić information content (AvgIpc) is 2.66. The Labute approximate surface area is 152 Å². The van der Waals surface area contributed by atoms with E-state index in [9.17, 15) is 9.59 Å². The van der Waals surface area contributed by atoms with Crippen LogP contribution in [0.1, 0.15) is 34.5 Å². The Morgan fingerprint density at radius 3 is 2.32 bits per heavy atom. The van der Waals surface area contributed by atoms with Crippen molar-refractivity contribution in [2.45, 2.75) is 18.6 Å². The number of hydrogen-bond acceptors (Lipinski definition) is 5. The number of carbonyl (C=O) groups is 2. The predicted octanol–water partition coefficient (Wildman–Crippen LogP) is 4.31. The molecule has 0 aromatic heterocycles. The first-order valence-electron chi connectivity index (χ1n) is 8.13. The van der Waals surface area contributed by atoms with E-state index in [0.717, 1.165) is 11.3 Å². The van der Waals surface area contributed by atoms with Gasteiger partial charge in [-0.3, -0.25) is 9.59 Å². The topological polar surface area (TPSA) is 52.6 Å². The quantitative estimate of drug-likeness (QED) is 0.494. The van der Waals surface area contributed by atoms with Gasteiger partial charge in [-0.15, -0.1) is 11.8 Å². The van der Waals surface area contributed by atoms with E-state index in [-0.39, 0.29) is 22.8 Å². The number of thioether (sulfide) groups is 1. The minimum Gasteiger partial charge on any atom is -0.497 e. The molecule has 5 heteroatoms. The Bertz CT molecular complexity index is 683. The fraction of sp³-hybridized carbons (Fsp3) is 0.300. The smallest absolute Gasteiger partial charge is 0.315 e. The first kappa shape index (κ1) is 19.1. The molecule has 25 heavy (non-hydrogen) atoms. The van der Waals surface area contributed by atoms with Gasteiger partial charge >= 0.3 is 5.97 Å². The summed E-state index contributed by atoms with van der Waals surface area (Å²) in [5.41, 5.74) is 1.66. The number of rotatable bonds is 9. The van der Waals surface area contributed by atoms with Crippen LogP contribution >= 0.6 is 11.8 Å². The zero-order chi connectivity index (χ0) is 18.1. The first-order chi connectivity index (χ1) is 12.1. The molecule has 0 fully saturated rings. The fourth-order valence-corrected chi connectivity index (χ4v) is 3.41. The van der Waals surface area contributed by atoms with Crippen LogP contribution in [0.3, 0.4) is 0 Å². The van der Waals surface area contributed by atoms with Crippen molar-refractivity contribution in [2.75, 3.05) is 19.5 Å².